The first-order chi connectivity index (χ1) is 11.0. The van der Waals surface area contributed by atoms with Gasteiger partial charge in [0.05, 0.1) is 24.7 Å². The molecule has 0 saturated heterocycles. The number of hydrogen-bond acceptors (Lipinski definition) is 2. The number of aromatic nitrogens is 1. The van der Waals surface area contributed by atoms with Crippen LogP contribution < -0.4 is 0 Å². The Bertz CT molecular complexity index is 885. The third-order valence-electron chi connectivity index (χ3n) is 3.61. The number of esters is 1. The normalized spacial score (nSPS) is 11.0. The summed E-state index contributed by atoms with van der Waals surface area (Å²) >= 11 is 0. The van der Waals surface area contributed by atoms with E-state index in [0.29, 0.717) is 16.8 Å². The summed E-state index contributed by atoms with van der Waals surface area (Å²) in [5, 5.41) is 0.257. The number of hydrogen-bond donors (Lipinski definition) is 1. The maximum atomic E-state index is 14.0. The topological polar surface area (TPSA) is 42.1 Å². The van der Waals surface area contributed by atoms with E-state index in [-0.39, 0.29) is 17.3 Å². The minimum Gasteiger partial charge on any atom is -0.469 e. The van der Waals surface area contributed by atoms with Gasteiger partial charge in [0.15, 0.2) is 0 Å². The highest BCUT2D eigenvalue weighted by atomic mass is 19.1. The predicted octanol–water partition coefficient (Wildman–Crippen LogP) is 3.97. The van der Waals surface area contributed by atoms with Crippen molar-refractivity contribution < 1.29 is 22.7 Å². The van der Waals surface area contributed by atoms with E-state index in [0.717, 1.165) is 12.1 Å². The number of rotatable bonds is 3. The van der Waals surface area contributed by atoms with Crippen LogP contribution in [0.15, 0.2) is 36.4 Å². The Kier molecular flexibility index (Phi) is 3.82. The van der Waals surface area contributed by atoms with Crippen LogP contribution in [0.3, 0.4) is 0 Å². The summed E-state index contributed by atoms with van der Waals surface area (Å²) in [4.78, 5) is 14.5. The SMILES string of the molecule is COC(=O)Cc1c(-c2ccc(F)cc2)[nH]c2c(F)cc(F)cc12. The highest BCUT2D eigenvalue weighted by Crippen LogP contribution is 2.33. The summed E-state index contributed by atoms with van der Waals surface area (Å²) in [6, 6.07) is 7.40. The molecule has 1 heterocycles. The summed E-state index contributed by atoms with van der Waals surface area (Å²) in [7, 11) is 1.23. The average molecular weight is 319 g/mol. The molecule has 0 radical (unpaired) electrons. The number of nitrogens with one attached hydrogen (secondary N) is 1. The number of H-pyrrole nitrogens is 1. The van der Waals surface area contributed by atoms with Crippen LogP contribution in [0.2, 0.25) is 0 Å². The molecule has 0 aliphatic rings. The van der Waals surface area contributed by atoms with Gasteiger partial charge in [-0.15, -0.1) is 0 Å². The molecular weight excluding hydrogens is 307 g/mol. The zero-order chi connectivity index (χ0) is 16.6. The van der Waals surface area contributed by atoms with Crippen LogP contribution in [0.5, 0.6) is 0 Å². The van der Waals surface area contributed by atoms with E-state index in [1.807, 2.05) is 0 Å². The zero-order valence-electron chi connectivity index (χ0n) is 12.1. The Balaban J connectivity index is 2.26. The van der Waals surface area contributed by atoms with Gasteiger partial charge in [-0.3, -0.25) is 4.79 Å². The molecule has 3 rings (SSSR count). The summed E-state index contributed by atoms with van der Waals surface area (Å²) in [5.74, 6) is -2.47. The standard InChI is InChI=1S/C17H12F3NO2/c1-23-15(22)8-13-12-6-11(19)7-14(20)17(12)21-16(13)9-2-4-10(18)5-3-9/h2-7,21H,8H2,1H3. The van der Waals surface area contributed by atoms with Gasteiger partial charge >= 0.3 is 5.97 Å². The summed E-state index contributed by atoms with van der Waals surface area (Å²) in [6.45, 7) is 0. The molecule has 3 nitrogen and oxygen atoms in total. The number of benzene rings is 2. The second-order valence-corrected chi connectivity index (χ2v) is 5.05. The van der Waals surface area contributed by atoms with E-state index < -0.39 is 23.4 Å². The first kappa shape index (κ1) is 15.1. The lowest BCUT2D eigenvalue weighted by molar-refractivity contribution is -0.139. The number of methoxy groups -OCH3 is 1. The van der Waals surface area contributed by atoms with Crippen LogP contribution in [-0.4, -0.2) is 18.1 Å². The van der Waals surface area contributed by atoms with Gasteiger partial charge in [-0.2, -0.15) is 0 Å². The predicted molar refractivity (Wildman–Crippen MR) is 79.3 cm³/mol. The van der Waals surface area contributed by atoms with Gasteiger partial charge in [0, 0.05) is 11.5 Å². The van der Waals surface area contributed by atoms with Gasteiger partial charge in [-0.05, 0) is 41.5 Å². The van der Waals surface area contributed by atoms with Gasteiger partial charge in [-0.1, -0.05) is 0 Å². The number of fused-ring (bicyclic) bond motifs is 1. The second kappa shape index (κ2) is 5.79. The second-order valence-electron chi connectivity index (χ2n) is 5.05. The number of ether oxygens (including phenoxy) is 1. The van der Waals surface area contributed by atoms with Gasteiger partial charge in [0.25, 0.3) is 0 Å². The van der Waals surface area contributed by atoms with Gasteiger partial charge < -0.3 is 9.72 Å². The number of aromatic amines is 1. The first-order valence-corrected chi connectivity index (χ1v) is 6.82. The van der Waals surface area contributed by atoms with E-state index in [9.17, 15) is 18.0 Å². The molecule has 3 aromatic rings. The smallest absolute Gasteiger partial charge is 0.310 e. The number of halogens is 3. The third-order valence-corrected chi connectivity index (χ3v) is 3.61. The molecule has 6 heteroatoms. The fourth-order valence-corrected chi connectivity index (χ4v) is 2.54. The van der Waals surface area contributed by atoms with Crippen LogP contribution in [0.25, 0.3) is 22.2 Å². The molecular formula is C17H12F3NO2. The van der Waals surface area contributed by atoms with E-state index in [1.54, 1.807) is 0 Å². The lowest BCUT2D eigenvalue weighted by Crippen LogP contribution is -2.05. The summed E-state index contributed by atoms with van der Waals surface area (Å²) < 4.78 is 45.3. The Morgan fingerprint density at radius 2 is 1.78 bits per heavy atom. The average Bonchev–Trinajstić information content (AvgIpc) is 2.87. The van der Waals surface area contributed by atoms with Crippen LogP contribution in [0, 0.1) is 17.5 Å². The molecule has 1 aromatic heterocycles. The van der Waals surface area contributed by atoms with Crippen molar-refractivity contribution in [2.45, 2.75) is 6.42 Å². The fraction of sp³-hybridized carbons (Fsp3) is 0.118. The fourth-order valence-electron chi connectivity index (χ4n) is 2.54. The lowest BCUT2D eigenvalue weighted by atomic mass is 10.0. The Morgan fingerprint density at radius 1 is 1.09 bits per heavy atom. The van der Waals surface area contributed by atoms with Crippen molar-refractivity contribution in [1.82, 2.24) is 4.98 Å². The molecule has 0 aliphatic heterocycles. The monoisotopic (exact) mass is 319 g/mol. The Hall–Kier alpha value is -2.76. The van der Waals surface area contributed by atoms with Crippen LogP contribution in [0.4, 0.5) is 13.2 Å². The van der Waals surface area contributed by atoms with E-state index in [4.69, 9.17) is 0 Å². The van der Waals surface area contributed by atoms with Crippen molar-refractivity contribution in [3.8, 4) is 11.3 Å². The van der Waals surface area contributed by atoms with Crippen LogP contribution in [0.1, 0.15) is 5.56 Å². The first-order valence-electron chi connectivity index (χ1n) is 6.82. The zero-order valence-corrected chi connectivity index (χ0v) is 12.1. The van der Waals surface area contributed by atoms with E-state index in [1.165, 1.54) is 31.4 Å². The summed E-state index contributed by atoms with van der Waals surface area (Å²) in [5.41, 5.74) is 1.47. The Labute approximate surface area is 129 Å². The van der Waals surface area contributed by atoms with Crippen molar-refractivity contribution in [3.05, 3.63) is 59.4 Å². The maximum Gasteiger partial charge on any atom is 0.310 e. The molecule has 23 heavy (non-hydrogen) atoms. The van der Waals surface area contributed by atoms with Crippen molar-refractivity contribution in [3.63, 3.8) is 0 Å². The van der Waals surface area contributed by atoms with Crippen molar-refractivity contribution in [1.29, 1.82) is 0 Å². The molecule has 2 aromatic carbocycles. The van der Waals surface area contributed by atoms with Crippen molar-refractivity contribution >= 4 is 16.9 Å². The third kappa shape index (κ3) is 2.79. The molecule has 0 saturated carbocycles. The molecule has 0 atom stereocenters. The molecule has 0 amide bonds. The van der Waals surface area contributed by atoms with Gasteiger partial charge in [0.1, 0.15) is 17.5 Å². The molecule has 0 aliphatic carbocycles. The molecule has 0 unspecified atom stereocenters. The van der Waals surface area contributed by atoms with E-state index in [2.05, 4.69) is 9.72 Å². The highest BCUT2D eigenvalue weighted by molar-refractivity contribution is 5.94. The van der Waals surface area contributed by atoms with Gasteiger partial charge in [-0.25, -0.2) is 13.2 Å². The Morgan fingerprint density at radius 3 is 2.43 bits per heavy atom. The largest absolute Gasteiger partial charge is 0.469 e. The molecule has 1 N–H and O–H groups in total. The minimum atomic E-state index is -0.764. The number of carbonyl (C=O) groups excluding carboxylic acids is 1. The molecule has 118 valence electrons. The van der Waals surface area contributed by atoms with Crippen LogP contribution in [-0.2, 0) is 16.0 Å². The van der Waals surface area contributed by atoms with Crippen molar-refractivity contribution in [2.75, 3.05) is 7.11 Å². The van der Waals surface area contributed by atoms with Gasteiger partial charge in [0.2, 0.25) is 0 Å². The molecule has 0 fully saturated rings. The molecule has 0 bridgehead atoms. The lowest BCUT2D eigenvalue weighted by Gasteiger charge is -2.04. The summed E-state index contributed by atoms with van der Waals surface area (Å²) in [6.07, 6.45) is -0.161. The maximum absolute atomic E-state index is 14.0. The van der Waals surface area contributed by atoms with E-state index >= 15 is 0 Å². The van der Waals surface area contributed by atoms with Crippen molar-refractivity contribution in [2.24, 2.45) is 0 Å². The highest BCUT2D eigenvalue weighted by Gasteiger charge is 2.19. The minimum absolute atomic E-state index is 0.0876. The number of carbonyl (C=O) groups is 1. The quantitative estimate of drug-likeness (QED) is 0.742. The molecule has 0 spiro atoms. The van der Waals surface area contributed by atoms with Crippen LogP contribution >= 0.6 is 0 Å².